The minimum absolute atomic E-state index is 0.153. The number of aliphatic hydroxyl groups is 1. The molecule has 0 saturated carbocycles. The van der Waals surface area contributed by atoms with Gasteiger partial charge in [-0.3, -0.25) is 4.79 Å². The molecule has 0 aliphatic rings. The van der Waals surface area contributed by atoms with Crippen molar-refractivity contribution in [1.29, 1.82) is 0 Å². The lowest BCUT2D eigenvalue weighted by molar-refractivity contribution is -0.124. The summed E-state index contributed by atoms with van der Waals surface area (Å²) in [6.45, 7) is 1.41. The van der Waals surface area contributed by atoms with Gasteiger partial charge in [0.2, 0.25) is 0 Å². The fraction of sp³-hybridized carbons (Fsp3) is 0.300. The van der Waals surface area contributed by atoms with Gasteiger partial charge in [-0.25, -0.2) is 0 Å². The molecule has 0 aromatic heterocycles. The molecule has 0 heterocycles. The van der Waals surface area contributed by atoms with Crippen LogP contribution in [0.1, 0.15) is 12.5 Å². The zero-order valence-electron chi connectivity index (χ0n) is 8.24. The average molecular weight is 274 g/mol. The van der Waals surface area contributed by atoms with Crippen LogP contribution in [0.5, 0.6) is 5.75 Å². The largest absolute Gasteiger partial charge is 0.481 e. The molecule has 3 N–H and O–H groups in total. The van der Waals surface area contributed by atoms with Gasteiger partial charge in [0.25, 0.3) is 5.91 Å². The second kappa shape index (κ2) is 5.14. The third kappa shape index (κ3) is 3.21. The van der Waals surface area contributed by atoms with E-state index in [1.54, 1.807) is 25.1 Å². The number of primary amides is 1. The van der Waals surface area contributed by atoms with E-state index < -0.39 is 12.0 Å². The maximum absolute atomic E-state index is 10.8. The number of aliphatic hydroxyl groups excluding tert-OH is 1. The highest BCUT2D eigenvalue weighted by Gasteiger charge is 2.12. The summed E-state index contributed by atoms with van der Waals surface area (Å²) in [6.07, 6.45) is -0.712. The van der Waals surface area contributed by atoms with Crippen LogP contribution in [0.2, 0.25) is 0 Å². The Morgan fingerprint density at radius 2 is 2.33 bits per heavy atom. The molecule has 0 fully saturated rings. The van der Waals surface area contributed by atoms with Gasteiger partial charge in [0.15, 0.2) is 6.10 Å². The van der Waals surface area contributed by atoms with Crippen LogP contribution in [0.25, 0.3) is 0 Å². The van der Waals surface area contributed by atoms with Crippen molar-refractivity contribution in [2.45, 2.75) is 19.6 Å². The van der Waals surface area contributed by atoms with E-state index in [4.69, 9.17) is 15.6 Å². The smallest absolute Gasteiger partial charge is 0.258 e. The first-order valence-electron chi connectivity index (χ1n) is 4.40. The molecule has 4 nitrogen and oxygen atoms in total. The Hall–Kier alpha value is -1.07. The lowest BCUT2D eigenvalue weighted by Crippen LogP contribution is -2.30. The number of benzene rings is 1. The zero-order chi connectivity index (χ0) is 11.4. The quantitative estimate of drug-likeness (QED) is 0.866. The van der Waals surface area contributed by atoms with Crippen LogP contribution in [0.15, 0.2) is 22.7 Å². The number of hydrogen-bond donors (Lipinski definition) is 2. The SMILES string of the molecule is CC(Oc1ccc(Br)cc1CO)C(N)=O. The van der Waals surface area contributed by atoms with Crippen molar-refractivity contribution in [3.8, 4) is 5.75 Å². The molecule has 1 rings (SSSR count). The number of hydrogen-bond acceptors (Lipinski definition) is 3. The first-order valence-corrected chi connectivity index (χ1v) is 5.19. The van der Waals surface area contributed by atoms with Gasteiger partial charge in [0, 0.05) is 10.0 Å². The van der Waals surface area contributed by atoms with Crippen LogP contribution in [0.4, 0.5) is 0 Å². The third-order valence-corrected chi connectivity index (χ3v) is 2.39. The van der Waals surface area contributed by atoms with Gasteiger partial charge in [0.1, 0.15) is 5.75 Å². The number of nitrogens with two attached hydrogens (primary N) is 1. The number of carbonyl (C=O) groups is 1. The van der Waals surface area contributed by atoms with Crippen LogP contribution in [-0.2, 0) is 11.4 Å². The highest BCUT2D eigenvalue weighted by molar-refractivity contribution is 9.10. The molecule has 0 saturated heterocycles. The van der Waals surface area contributed by atoms with Crippen LogP contribution in [0.3, 0.4) is 0 Å². The Labute approximate surface area is 96.2 Å². The van der Waals surface area contributed by atoms with E-state index in [-0.39, 0.29) is 6.61 Å². The Bertz CT molecular complexity index is 368. The van der Waals surface area contributed by atoms with Gasteiger partial charge in [0.05, 0.1) is 6.61 Å². The Morgan fingerprint density at radius 3 is 2.87 bits per heavy atom. The van der Waals surface area contributed by atoms with Gasteiger partial charge < -0.3 is 15.6 Å². The monoisotopic (exact) mass is 273 g/mol. The average Bonchev–Trinajstić information content (AvgIpc) is 2.20. The van der Waals surface area contributed by atoms with Crippen molar-refractivity contribution in [2.75, 3.05) is 0 Å². The molecule has 0 aliphatic heterocycles. The van der Waals surface area contributed by atoms with Crippen molar-refractivity contribution in [3.05, 3.63) is 28.2 Å². The lowest BCUT2D eigenvalue weighted by atomic mass is 10.2. The summed E-state index contributed by atoms with van der Waals surface area (Å²) in [4.78, 5) is 10.8. The maximum Gasteiger partial charge on any atom is 0.258 e. The molecule has 1 atom stereocenters. The highest BCUT2D eigenvalue weighted by Crippen LogP contribution is 2.24. The standard InChI is InChI=1S/C10H12BrNO3/c1-6(10(12)14)15-9-3-2-8(11)4-7(9)5-13/h2-4,6,13H,5H2,1H3,(H2,12,14). The normalized spacial score (nSPS) is 12.2. The van der Waals surface area contributed by atoms with E-state index in [0.29, 0.717) is 11.3 Å². The van der Waals surface area contributed by atoms with Crippen molar-refractivity contribution in [3.63, 3.8) is 0 Å². The molecule has 15 heavy (non-hydrogen) atoms. The predicted octanol–water partition coefficient (Wildman–Crippen LogP) is 1.19. The number of ether oxygens (including phenoxy) is 1. The number of amides is 1. The molecular formula is C10H12BrNO3. The molecule has 0 radical (unpaired) electrons. The fourth-order valence-electron chi connectivity index (χ4n) is 1.04. The van der Waals surface area contributed by atoms with Crippen molar-refractivity contribution in [1.82, 2.24) is 0 Å². The summed E-state index contributed by atoms with van der Waals surface area (Å²) >= 11 is 3.27. The summed E-state index contributed by atoms with van der Waals surface area (Å²) in [5.74, 6) is -0.0752. The second-order valence-electron chi connectivity index (χ2n) is 3.07. The Morgan fingerprint density at radius 1 is 1.67 bits per heavy atom. The van der Waals surface area contributed by atoms with E-state index in [0.717, 1.165) is 4.47 Å². The highest BCUT2D eigenvalue weighted by atomic mass is 79.9. The summed E-state index contributed by atoms with van der Waals surface area (Å²) in [5.41, 5.74) is 5.68. The summed E-state index contributed by atoms with van der Waals surface area (Å²) in [5, 5.41) is 9.08. The minimum atomic E-state index is -0.712. The summed E-state index contributed by atoms with van der Waals surface area (Å²) in [6, 6.07) is 5.17. The molecule has 1 amide bonds. The van der Waals surface area contributed by atoms with E-state index >= 15 is 0 Å². The summed E-state index contributed by atoms with van der Waals surface area (Å²) < 4.78 is 6.14. The van der Waals surface area contributed by atoms with Gasteiger partial charge in [-0.2, -0.15) is 0 Å². The Kier molecular flexibility index (Phi) is 4.11. The molecule has 1 unspecified atom stereocenters. The number of halogens is 1. The zero-order valence-corrected chi connectivity index (χ0v) is 9.82. The van der Waals surface area contributed by atoms with E-state index in [2.05, 4.69) is 15.9 Å². The topological polar surface area (TPSA) is 72.6 Å². The fourth-order valence-corrected chi connectivity index (χ4v) is 1.44. The van der Waals surface area contributed by atoms with E-state index in [1.165, 1.54) is 0 Å². The number of carbonyl (C=O) groups excluding carboxylic acids is 1. The molecule has 1 aromatic rings. The van der Waals surface area contributed by atoms with E-state index in [1.807, 2.05) is 0 Å². The maximum atomic E-state index is 10.8. The third-order valence-electron chi connectivity index (χ3n) is 1.90. The Balaban J connectivity index is 2.89. The van der Waals surface area contributed by atoms with Crippen LogP contribution < -0.4 is 10.5 Å². The van der Waals surface area contributed by atoms with Gasteiger partial charge in [-0.05, 0) is 25.1 Å². The van der Waals surface area contributed by atoms with Crippen LogP contribution >= 0.6 is 15.9 Å². The predicted molar refractivity (Wildman–Crippen MR) is 59.3 cm³/mol. The van der Waals surface area contributed by atoms with Crippen LogP contribution in [-0.4, -0.2) is 17.1 Å². The molecule has 82 valence electrons. The van der Waals surface area contributed by atoms with Gasteiger partial charge in [-0.15, -0.1) is 0 Å². The molecule has 0 aliphatic carbocycles. The molecule has 5 heteroatoms. The van der Waals surface area contributed by atoms with Crippen molar-refractivity contribution in [2.24, 2.45) is 5.73 Å². The molecule has 1 aromatic carbocycles. The molecule has 0 bridgehead atoms. The number of rotatable bonds is 4. The van der Waals surface area contributed by atoms with Crippen LogP contribution in [0, 0.1) is 0 Å². The molecular weight excluding hydrogens is 262 g/mol. The minimum Gasteiger partial charge on any atom is -0.481 e. The van der Waals surface area contributed by atoms with Gasteiger partial charge in [-0.1, -0.05) is 15.9 Å². The lowest BCUT2D eigenvalue weighted by Gasteiger charge is -2.14. The first-order chi connectivity index (χ1) is 7.04. The summed E-state index contributed by atoms with van der Waals surface area (Å²) in [7, 11) is 0. The van der Waals surface area contributed by atoms with Crippen molar-refractivity contribution < 1.29 is 14.6 Å². The second-order valence-corrected chi connectivity index (χ2v) is 3.99. The molecule has 0 spiro atoms. The first kappa shape index (κ1) is 12.0. The van der Waals surface area contributed by atoms with E-state index in [9.17, 15) is 4.79 Å². The van der Waals surface area contributed by atoms with Gasteiger partial charge >= 0.3 is 0 Å². The van der Waals surface area contributed by atoms with Crippen molar-refractivity contribution >= 4 is 21.8 Å².